The fourth-order valence-corrected chi connectivity index (χ4v) is 3.48. The molecule has 1 aromatic heterocycles. The van der Waals surface area contributed by atoms with E-state index in [-0.39, 0.29) is 6.10 Å². The predicted octanol–water partition coefficient (Wildman–Crippen LogP) is 5.92. The topological polar surface area (TPSA) is 89.3 Å². The Morgan fingerprint density at radius 1 is 0.882 bits per heavy atom. The van der Waals surface area contributed by atoms with Crippen molar-refractivity contribution >= 4 is 11.6 Å². The minimum Gasteiger partial charge on any atom is -0.493 e. The van der Waals surface area contributed by atoms with E-state index in [4.69, 9.17) is 14.2 Å². The van der Waals surface area contributed by atoms with Gasteiger partial charge in [-0.25, -0.2) is 9.97 Å². The Morgan fingerprint density at radius 2 is 1.65 bits per heavy atom. The number of nitrogens with zero attached hydrogens (tertiary/aromatic N) is 3. The second kappa shape index (κ2) is 10.4. The summed E-state index contributed by atoms with van der Waals surface area (Å²) in [4.78, 5) is 8.91. The first-order valence-corrected chi connectivity index (χ1v) is 10.7. The molecule has 7 heteroatoms. The van der Waals surface area contributed by atoms with Crippen molar-refractivity contribution < 1.29 is 14.2 Å². The Kier molecular flexibility index (Phi) is 6.89. The molecular formula is C27H24N4O3. The molecule has 0 saturated heterocycles. The Hall–Kier alpha value is -4.57. The minimum absolute atomic E-state index is 0.185. The van der Waals surface area contributed by atoms with E-state index in [0.29, 0.717) is 34.5 Å². The van der Waals surface area contributed by atoms with Gasteiger partial charge in [-0.3, -0.25) is 0 Å². The van der Waals surface area contributed by atoms with E-state index in [1.807, 2.05) is 55.5 Å². The highest BCUT2D eigenvalue weighted by Crippen LogP contribution is 2.32. The second-order valence-electron chi connectivity index (χ2n) is 7.45. The van der Waals surface area contributed by atoms with Gasteiger partial charge in [0.25, 0.3) is 0 Å². The lowest BCUT2D eigenvalue weighted by molar-refractivity contribution is 0.226. The molecular weight excluding hydrogens is 428 g/mol. The molecule has 0 aliphatic carbocycles. The Labute approximate surface area is 198 Å². The molecule has 7 nitrogen and oxygen atoms in total. The van der Waals surface area contributed by atoms with Gasteiger partial charge in [-0.1, -0.05) is 30.3 Å². The lowest BCUT2D eigenvalue weighted by Gasteiger charge is -2.16. The van der Waals surface area contributed by atoms with Crippen molar-refractivity contribution in [3.05, 3.63) is 90.1 Å². The van der Waals surface area contributed by atoms with E-state index in [0.717, 1.165) is 16.8 Å². The lowest BCUT2D eigenvalue weighted by atomic mass is 10.1. The Balaban J connectivity index is 1.56. The number of benzene rings is 3. The molecule has 0 radical (unpaired) electrons. The maximum atomic E-state index is 9.72. The summed E-state index contributed by atoms with van der Waals surface area (Å²) in [5, 5.41) is 12.9. The summed E-state index contributed by atoms with van der Waals surface area (Å²) in [5.41, 5.74) is 3.70. The number of hydrogen-bond acceptors (Lipinski definition) is 7. The average molecular weight is 453 g/mol. The van der Waals surface area contributed by atoms with Gasteiger partial charge >= 0.3 is 0 Å². The quantitative estimate of drug-likeness (QED) is 0.355. The standard InChI is InChI=1S/C27H24N4O3/c1-18(19-7-5-4-6-8-19)34-24-11-9-20(15-21(24)17-28)23-13-14-29-27(31-23)30-22-10-12-25(32-2)26(16-22)33-3/h4-16,18H,1-3H3,(H,29,30,31). The van der Waals surface area contributed by atoms with Crippen molar-refractivity contribution in [1.82, 2.24) is 9.97 Å². The molecule has 1 atom stereocenters. The van der Waals surface area contributed by atoms with Crippen molar-refractivity contribution in [2.75, 3.05) is 19.5 Å². The fourth-order valence-electron chi connectivity index (χ4n) is 3.48. The van der Waals surface area contributed by atoms with Crippen molar-refractivity contribution in [3.63, 3.8) is 0 Å². The van der Waals surface area contributed by atoms with Gasteiger partial charge in [-0.05, 0) is 48.9 Å². The molecule has 34 heavy (non-hydrogen) atoms. The number of methoxy groups -OCH3 is 2. The highest BCUT2D eigenvalue weighted by Gasteiger charge is 2.13. The maximum Gasteiger partial charge on any atom is 0.227 e. The number of rotatable bonds is 8. The maximum absolute atomic E-state index is 9.72. The Bertz CT molecular complexity index is 1320. The first-order chi connectivity index (χ1) is 16.6. The highest BCUT2D eigenvalue weighted by molar-refractivity contribution is 5.66. The number of hydrogen-bond donors (Lipinski definition) is 1. The van der Waals surface area contributed by atoms with Crippen LogP contribution in [0.3, 0.4) is 0 Å². The van der Waals surface area contributed by atoms with E-state index >= 15 is 0 Å². The van der Waals surface area contributed by atoms with E-state index in [1.54, 1.807) is 44.7 Å². The number of aromatic nitrogens is 2. The number of ether oxygens (including phenoxy) is 3. The molecule has 0 aliphatic heterocycles. The summed E-state index contributed by atoms with van der Waals surface area (Å²) in [5.74, 6) is 2.18. The smallest absolute Gasteiger partial charge is 0.227 e. The number of nitriles is 1. The zero-order chi connectivity index (χ0) is 23.9. The molecule has 4 rings (SSSR count). The van der Waals surface area contributed by atoms with E-state index < -0.39 is 0 Å². The van der Waals surface area contributed by atoms with Gasteiger partial charge < -0.3 is 19.5 Å². The molecule has 0 fully saturated rings. The van der Waals surface area contributed by atoms with Gasteiger partial charge in [0.05, 0.1) is 25.5 Å². The molecule has 0 spiro atoms. The third-order valence-electron chi connectivity index (χ3n) is 5.26. The fraction of sp³-hybridized carbons (Fsp3) is 0.148. The zero-order valence-corrected chi connectivity index (χ0v) is 19.1. The predicted molar refractivity (Wildman–Crippen MR) is 130 cm³/mol. The van der Waals surface area contributed by atoms with Gasteiger partial charge in [-0.15, -0.1) is 0 Å². The van der Waals surface area contributed by atoms with Crippen LogP contribution in [0, 0.1) is 11.3 Å². The van der Waals surface area contributed by atoms with Crippen molar-refractivity contribution in [3.8, 4) is 34.6 Å². The Morgan fingerprint density at radius 3 is 2.38 bits per heavy atom. The summed E-state index contributed by atoms with van der Waals surface area (Å²) in [6.07, 6.45) is 1.48. The summed E-state index contributed by atoms with van der Waals surface area (Å²) < 4.78 is 16.7. The first-order valence-electron chi connectivity index (χ1n) is 10.7. The van der Waals surface area contributed by atoms with Crippen LogP contribution in [0.15, 0.2) is 79.0 Å². The average Bonchev–Trinajstić information content (AvgIpc) is 2.89. The van der Waals surface area contributed by atoms with Crippen LogP contribution in [-0.2, 0) is 0 Å². The molecule has 1 heterocycles. The normalized spacial score (nSPS) is 11.2. The van der Waals surface area contributed by atoms with Crippen LogP contribution in [0.1, 0.15) is 24.2 Å². The molecule has 0 bridgehead atoms. The monoisotopic (exact) mass is 452 g/mol. The SMILES string of the molecule is COc1ccc(Nc2nccc(-c3ccc(OC(C)c4ccccc4)c(C#N)c3)n2)cc1OC. The summed E-state index contributed by atoms with van der Waals surface area (Å²) in [6.45, 7) is 1.96. The second-order valence-corrected chi connectivity index (χ2v) is 7.45. The molecule has 170 valence electrons. The third-order valence-corrected chi connectivity index (χ3v) is 5.26. The highest BCUT2D eigenvalue weighted by atomic mass is 16.5. The zero-order valence-electron chi connectivity index (χ0n) is 19.1. The van der Waals surface area contributed by atoms with Gasteiger partial charge in [0.15, 0.2) is 11.5 Å². The molecule has 3 aromatic carbocycles. The molecule has 0 saturated carbocycles. The van der Waals surface area contributed by atoms with Crippen LogP contribution in [0.25, 0.3) is 11.3 Å². The van der Waals surface area contributed by atoms with Crippen LogP contribution in [0.5, 0.6) is 17.2 Å². The summed E-state index contributed by atoms with van der Waals surface area (Å²) in [6, 6.07) is 24.8. The molecule has 1 N–H and O–H groups in total. The van der Waals surface area contributed by atoms with Crippen LogP contribution in [0.2, 0.25) is 0 Å². The van der Waals surface area contributed by atoms with Crippen molar-refractivity contribution in [2.45, 2.75) is 13.0 Å². The van der Waals surface area contributed by atoms with Crippen LogP contribution < -0.4 is 19.5 Å². The first kappa shape index (κ1) is 22.6. The number of nitrogens with one attached hydrogen (secondary N) is 1. The van der Waals surface area contributed by atoms with Gasteiger partial charge in [0, 0.05) is 23.5 Å². The van der Waals surface area contributed by atoms with Gasteiger partial charge in [-0.2, -0.15) is 5.26 Å². The van der Waals surface area contributed by atoms with Crippen molar-refractivity contribution in [2.24, 2.45) is 0 Å². The minimum atomic E-state index is -0.185. The van der Waals surface area contributed by atoms with Crippen LogP contribution in [-0.4, -0.2) is 24.2 Å². The lowest BCUT2D eigenvalue weighted by Crippen LogP contribution is -2.04. The van der Waals surface area contributed by atoms with Crippen LogP contribution in [0.4, 0.5) is 11.6 Å². The molecule has 0 aliphatic rings. The third kappa shape index (κ3) is 5.08. The van der Waals surface area contributed by atoms with Gasteiger partial charge in [0.1, 0.15) is 17.9 Å². The van der Waals surface area contributed by atoms with Gasteiger partial charge in [0.2, 0.25) is 5.95 Å². The molecule has 0 amide bonds. The van der Waals surface area contributed by atoms with Crippen molar-refractivity contribution in [1.29, 1.82) is 5.26 Å². The van der Waals surface area contributed by atoms with E-state index in [2.05, 4.69) is 21.4 Å². The number of anilines is 2. The van der Waals surface area contributed by atoms with E-state index in [9.17, 15) is 5.26 Å². The molecule has 1 unspecified atom stereocenters. The summed E-state index contributed by atoms with van der Waals surface area (Å²) >= 11 is 0. The summed E-state index contributed by atoms with van der Waals surface area (Å²) in [7, 11) is 3.17. The van der Waals surface area contributed by atoms with Crippen LogP contribution >= 0.6 is 0 Å². The molecule has 4 aromatic rings. The largest absolute Gasteiger partial charge is 0.493 e. The van der Waals surface area contributed by atoms with E-state index in [1.165, 1.54) is 0 Å².